The summed E-state index contributed by atoms with van der Waals surface area (Å²) >= 11 is 0. The lowest BCUT2D eigenvalue weighted by molar-refractivity contribution is -0.134. The molecule has 0 spiro atoms. The lowest BCUT2D eigenvalue weighted by Crippen LogP contribution is -2.50. The van der Waals surface area contributed by atoms with Gasteiger partial charge in [0.25, 0.3) is 0 Å². The standard InChI is InChI=1S/C27H34N8O2/c1-19(35-18-28-17-29-35)25(36)33-13-11-32(12-14-33)21-8-6-7-20(15-21)22-9-10-23-24(30-22)31(5)26(37)34(23)16-27(2,3)4/h6-10,15,17-19H,11-14,16H2,1-5H3. The number of aromatic nitrogens is 6. The molecule has 0 aliphatic carbocycles. The molecule has 4 heterocycles. The molecule has 1 amide bonds. The van der Waals surface area contributed by atoms with E-state index in [-0.39, 0.29) is 23.1 Å². The molecule has 10 heteroatoms. The first-order valence-corrected chi connectivity index (χ1v) is 12.7. The van der Waals surface area contributed by atoms with Gasteiger partial charge in [0.2, 0.25) is 5.91 Å². The highest BCUT2D eigenvalue weighted by Crippen LogP contribution is 2.27. The van der Waals surface area contributed by atoms with Crippen LogP contribution in [0.1, 0.15) is 33.7 Å². The molecule has 37 heavy (non-hydrogen) atoms. The van der Waals surface area contributed by atoms with Gasteiger partial charge in [0.05, 0.1) is 11.2 Å². The number of carbonyl (C=O) groups is 1. The highest BCUT2D eigenvalue weighted by molar-refractivity contribution is 5.80. The third kappa shape index (κ3) is 4.87. The van der Waals surface area contributed by atoms with Gasteiger partial charge in [-0.3, -0.25) is 13.9 Å². The van der Waals surface area contributed by atoms with Gasteiger partial charge >= 0.3 is 5.69 Å². The van der Waals surface area contributed by atoms with Gasteiger partial charge < -0.3 is 9.80 Å². The number of anilines is 1. The smallest absolute Gasteiger partial charge is 0.330 e. The van der Waals surface area contributed by atoms with Crippen LogP contribution in [0.15, 0.2) is 53.8 Å². The molecule has 3 aromatic heterocycles. The van der Waals surface area contributed by atoms with Crippen molar-refractivity contribution < 1.29 is 4.79 Å². The Hall–Kier alpha value is -3.95. The average molecular weight is 503 g/mol. The van der Waals surface area contributed by atoms with Crippen molar-refractivity contribution in [3.63, 3.8) is 0 Å². The number of rotatable bonds is 5. The Kier molecular flexibility index (Phi) is 6.35. The van der Waals surface area contributed by atoms with E-state index in [4.69, 9.17) is 4.98 Å². The first kappa shape index (κ1) is 24.7. The second-order valence-electron chi connectivity index (χ2n) is 10.9. The number of hydrogen-bond donors (Lipinski definition) is 0. The molecule has 10 nitrogen and oxygen atoms in total. The summed E-state index contributed by atoms with van der Waals surface area (Å²) in [5, 5.41) is 4.10. The highest BCUT2D eigenvalue weighted by Gasteiger charge is 2.26. The zero-order valence-corrected chi connectivity index (χ0v) is 22.1. The number of fused-ring (bicyclic) bond motifs is 1. The van der Waals surface area contributed by atoms with E-state index in [1.807, 2.05) is 40.7 Å². The minimum Gasteiger partial charge on any atom is -0.368 e. The van der Waals surface area contributed by atoms with Crippen molar-refractivity contribution in [3.8, 4) is 11.3 Å². The molecule has 5 rings (SSSR count). The lowest BCUT2D eigenvalue weighted by atomic mass is 9.97. The van der Waals surface area contributed by atoms with Gasteiger partial charge in [-0.2, -0.15) is 5.10 Å². The molecule has 0 radical (unpaired) electrons. The summed E-state index contributed by atoms with van der Waals surface area (Å²) < 4.78 is 5.03. The molecule has 4 aromatic rings. The molecule has 1 aliphatic rings. The van der Waals surface area contributed by atoms with Crippen LogP contribution < -0.4 is 10.6 Å². The summed E-state index contributed by atoms with van der Waals surface area (Å²) in [4.78, 5) is 38.8. The van der Waals surface area contributed by atoms with Gasteiger partial charge in [-0.1, -0.05) is 32.9 Å². The van der Waals surface area contributed by atoms with Gasteiger partial charge in [-0.15, -0.1) is 0 Å². The number of nitrogens with zero attached hydrogens (tertiary/aromatic N) is 8. The minimum absolute atomic E-state index is 0.0197. The van der Waals surface area contributed by atoms with E-state index >= 15 is 0 Å². The first-order valence-electron chi connectivity index (χ1n) is 12.7. The Morgan fingerprint density at radius 3 is 2.51 bits per heavy atom. The average Bonchev–Trinajstić information content (AvgIpc) is 3.51. The van der Waals surface area contributed by atoms with Crippen LogP contribution in [0.3, 0.4) is 0 Å². The van der Waals surface area contributed by atoms with Gasteiger partial charge in [0.1, 0.15) is 18.7 Å². The van der Waals surface area contributed by atoms with Crippen molar-refractivity contribution in [3.05, 3.63) is 59.5 Å². The molecule has 0 saturated carbocycles. The predicted octanol–water partition coefficient (Wildman–Crippen LogP) is 2.95. The van der Waals surface area contributed by atoms with Gasteiger partial charge in [-0.05, 0) is 36.6 Å². The molecule has 194 valence electrons. The maximum atomic E-state index is 12.9. The van der Waals surface area contributed by atoms with E-state index in [1.54, 1.807) is 22.6 Å². The van der Waals surface area contributed by atoms with Crippen LogP contribution in [-0.2, 0) is 18.4 Å². The van der Waals surface area contributed by atoms with Crippen LogP contribution in [0.25, 0.3) is 22.4 Å². The Balaban J connectivity index is 1.34. The maximum Gasteiger partial charge on any atom is 0.330 e. The van der Waals surface area contributed by atoms with E-state index in [0.717, 1.165) is 35.6 Å². The summed E-state index contributed by atoms with van der Waals surface area (Å²) in [7, 11) is 1.78. The van der Waals surface area contributed by atoms with Gasteiger partial charge in [0.15, 0.2) is 5.65 Å². The van der Waals surface area contributed by atoms with Crippen molar-refractivity contribution in [2.75, 3.05) is 31.1 Å². The number of imidazole rings is 1. The molecular formula is C27H34N8O2. The van der Waals surface area contributed by atoms with E-state index < -0.39 is 0 Å². The quantitative estimate of drug-likeness (QED) is 0.417. The van der Waals surface area contributed by atoms with Crippen LogP contribution >= 0.6 is 0 Å². The summed E-state index contributed by atoms with van der Waals surface area (Å²) in [5.41, 5.74) is 4.38. The number of pyridine rings is 1. The molecule has 0 N–H and O–H groups in total. The number of piperazine rings is 1. The topological polar surface area (TPSA) is 94.1 Å². The van der Waals surface area contributed by atoms with Crippen molar-refractivity contribution in [2.24, 2.45) is 12.5 Å². The maximum absolute atomic E-state index is 12.9. The van der Waals surface area contributed by atoms with Crippen LogP contribution in [0.5, 0.6) is 0 Å². The van der Waals surface area contributed by atoms with Crippen LogP contribution in [0.4, 0.5) is 5.69 Å². The molecule has 1 unspecified atom stereocenters. The number of amides is 1. The van der Waals surface area contributed by atoms with Crippen LogP contribution in [0, 0.1) is 5.41 Å². The van der Waals surface area contributed by atoms with Gasteiger partial charge in [0, 0.05) is 51.0 Å². The van der Waals surface area contributed by atoms with Crippen LogP contribution in [-0.4, -0.2) is 65.9 Å². The molecule has 0 bridgehead atoms. The fraction of sp³-hybridized carbons (Fsp3) is 0.444. The van der Waals surface area contributed by atoms with E-state index in [2.05, 4.69) is 47.9 Å². The third-order valence-corrected chi connectivity index (χ3v) is 6.90. The van der Waals surface area contributed by atoms with Crippen molar-refractivity contribution >= 4 is 22.8 Å². The Morgan fingerprint density at radius 2 is 1.84 bits per heavy atom. The first-order chi connectivity index (χ1) is 17.6. The number of hydrogen-bond acceptors (Lipinski definition) is 6. The van der Waals surface area contributed by atoms with E-state index in [9.17, 15) is 9.59 Å². The Morgan fingerprint density at radius 1 is 1.08 bits per heavy atom. The molecule has 1 saturated heterocycles. The summed E-state index contributed by atoms with van der Waals surface area (Å²) in [6.45, 7) is 11.6. The normalized spacial score (nSPS) is 15.4. The lowest BCUT2D eigenvalue weighted by Gasteiger charge is -2.37. The minimum atomic E-state index is -0.368. The molecule has 1 atom stereocenters. The largest absolute Gasteiger partial charge is 0.368 e. The second-order valence-corrected chi connectivity index (χ2v) is 10.9. The fourth-order valence-corrected chi connectivity index (χ4v) is 4.90. The highest BCUT2D eigenvalue weighted by atomic mass is 16.2. The molecule has 1 aliphatic heterocycles. The number of aryl methyl sites for hydroxylation is 1. The monoisotopic (exact) mass is 502 g/mol. The van der Waals surface area contributed by atoms with Crippen molar-refractivity contribution in [2.45, 2.75) is 40.3 Å². The van der Waals surface area contributed by atoms with Crippen molar-refractivity contribution in [1.82, 2.24) is 33.8 Å². The summed E-state index contributed by atoms with van der Waals surface area (Å²) in [6, 6.07) is 11.9. The fourth-order valence-electron chi connectivity index (χ4n) is 4.90. The van der Waals surface area contributed by atoms with Crippen molar-refractivity contribution in [1.29, 1.82) is 0 Å². The molecule has 1 fully saturated rings. The second kappa shape index (κ2) is 9.49. The molecular weight excluding hydrogens is 468 g/mol. The Labute approximate surface area is 216 Å². The van der Waals surface area contributed by atoms with E-state index in [1.165, 1.54) is 6.33 Å². The predicted molar refractivity (Wildman–Crippen MR) is 143 cm³/mol. The number of carbonyl (C=O) groups excluding carboxylic acids is 1. The summed E-state index contributed by atoms with van der Waals surface area (Å²) in [6.07, 6.45) is 3.02. The van der Waals surface area contributed by atoms with Gasteiger partial charge in [-0.25, -0.2) is 19.4 Å². The zero-order valence-electron chi connectivity index (χ0n) is 22.1. The molecule has 1 aromatic carbocycles. The zero-order chi connectivity index (χ0) is 26.3. The SMILES string of the molecule is CC(C(=O)N1CCN(c2cccc(-c3ccc4c(n3)n(C)c(=O)n4CC(C)(C)C)c2)CC1)n1cncn1. The number of benzene rings is 1. The van der Waals surface area contributed by atoms with E-state index in [0.29, 0.717) is 25.3 Å². The Bertz CT molecular complexity index is 1470. The summed E-state index contributed by atoms with van der Waals surface area (Å²) in [5.74, 6) is 0.0559. The third-order valence-electron chi connectivity index (χ3n) is 6.90. The van der Waals surface area contributed by atoms with Crippen LogP contribution in [0.2, 0.25) is 0 Å².